The van der Waals surface area contributed by atoms with Crippen molar-refractivity contribution in [2.75, 3.05) is 29.9 Å². The van der Waals surface area contributed by atoms with Crippen LogP contribution in [0.15, 0.2) is 42.9 Å². The second-order valence-electron chi connectivity index (χ2n) is 6.10. The summed E-state index contributed by atoms with van der Waals surface area (Å²) < 4.78 is 0. The van der Waals surface area contributed by atoms with Crippen LogP contribution in [0.3, 0.4) is 0 Å². The van der Waals surface area contributed by atoms with Crippen LogP contribution >= 0.6 is 0 Å². The number of hydrogen-bond acceptors (Lipinski definition) is 5. The fourth-order valence-corrected chi connectivity index (χ4v) is 3.37. The van der Waals surface area contributed by atoms with Gasteiger partial charge < -0.3 is 14.8 Å². The Kier molecular flexibility index (Phi) is 3.54. The molecular formula is C18H18N6. The number of anilines is 2. The molecule has 24 heavy (non-hydrogen) atoms. The van der Waals surface area contributed by atoms with Gasteiger partial charge in [0.25, 0.3) is 0 Å². The molecule has 3 heterocycles. The summed E-state index contributed by atoms with van der Waals surface area (Å²) in [7, 11) is 2.09. The number of fused-ring (bicyclic) bond motifs is 1. The number of nitrogens with one attached hydrogen (secondary N) is 1. The van der Waals surface area contributed by atoms with Crippen molar-refractivity contribution in [1.82, 2.24) is 15.0 Å². The fourth-order valence-electron chi connectivity index (χ4n) is 3.37. The lowest BCUT2D eigenvalue weighted by atomic mass is 10.1. The molecule has 1 saturated heterocycles. The van der Waals surface area contributed by atoms with Gasteiger partial charge in [-0.3, -0.25) is 0 Å². The third kappa shape index (κ3) is 2.44. The van der Waals surface area contributed by atoms with Gasteiger partial charge in [0.1, 0.15) is 17.8 Å². The number of aromatic amines is 1. The van der Waals surface area contributed by atoms with E-state index >= 15 is 0 Å². The zero-order chi connectivity index (χ0) is 16.5. The van der Waals surface area contributed by atoms with Crippen molar-refractivity contribution in [3.63, 3.8) is 0 Å². The van der Waals surface area contributed by atoms with E-state index < -0.39 is 0 Å². The SMILES string of the molecule is CN(c1cccc(C#N)c1)C1CCN(c2ncnc3[nH]ccc23)C1. The summed E-state index contributed by atoms with van der Waals surface area (Å²) in [6.07, 6.45) is 4.57. The van der Waals surface area contributed by atoms with Crippen molar-refractivity contribution >= 4 is 22.5 Å². The highest BCUT2D eigenvalue weighted by Crippen LogP contribution is 2.28. The maximum absolute atomic E-state index is 9.09. The minimum atomic E-state index is 0.392. The number of aromatic nitrogens is 3. The van der Waals surface area contributed by atoms with Crippen LogP contribution in [0.25, 0.3) is 11.0 Å². The summed E-state index contributed by atoms with van der Waals surface area (Å²) in [6, 6.07) is 12.4. The number of nitrogens with zero attached hydrogens (tertiary/aromatic N) is 5. The van der Waals surface area contributed by atoms with E-state index in [1.165, 1.54) is 0 Å². The Morgan fingerprint density at radius 3 is 3.12 bits per heavy atom. The summed E-state index contributed by atoms with van der Waals surface area (Å²) >= 11 is 0. The first-order chi connectivity index (χ1) is 11.8. The van der Waals surface area contributed by atoms with E-state index in [0.717, 1.165) is 42.0 Å². The zero-order valence-electron chi connectivity index (χ0n) is 13.5. The Morgan fingerprint density at radius 2 is 2.25 bits per heavy atom. The number of likely N-dealkylation sites (N-methyl/N-ethyl adjacent to an activating group) is 1. The molecule has 0 aliphatic carbocycles. The Balaban J connectivity index is 1.56. The molecule has 2 aromatic heterocycles. The van der Waals surface area contributed by atoms with Gasteiger partial charge in [-0.15, -0.1) is 0 Å². The first kappa shape index (κ1) is 14.5. The minimum Gasteiger partial charge on any atom is -0.370 e. The predicted octanol–water partition coefficient (Wildman–Crippen LogP) is 2.54. The molecule has 6 nitrogen and oxygen atoms in total. The average Bonchev–Trinajstić information content (AvgIpc) is 3.30. The molecule has 0 saturated carbocycles. The van der Waals surface area contributed by atoms with E-state index in [9.17, 15) is 0 Å². The molecule has 1 atom stereocenters. The van der Waals surface area contributed by atoms with Gasteiger partial charge >= 0.3 is 0 Å². The summed E-state index contributed by atoms with van der Waals surface area (Å²) in [5.41, 5.74) is 2.65. The van der Waals surface area contributed by atoms with Crippen LogP contribution in [0.5, 0.6) is 0 Å². The van der Waals surface area contributed by atoms with Gasteiger partial charge in [0.15, 0.2) is 0 Å². The number of benzene rings is 1. The van der Waals surface area contributed by atoms with Crippen molar-refractivity contribution in [3.05, 3.63) is 48.4 Å². The van der Waals surface area contributed by atoms with Gasteiger partial charge in [0.05, 0.1) is 17.0 Å². The van der Waals surface area contributed by atoms with Crippen LogP contribution in [0.4, 0.5) is 11.5 Å². The Labute approximate surface area is 140 Å². The Bertz CT molecular complexity index is 909. The van der Waals surface area contributed by atoms with E-state index in [0.29, 0.717) is 11.6 Å². The topological polar surface area (TPSA) is 71.8 Å². The highest BCUT2D eigenvalue weighted by Gasteiger charge is 2.28. The largest absolute Gasteiger partial charge is 0.370 e. The normalized spacial score (nSPS) is 17.2. The smallest absolute Gasteiger partial charge is 0.142 e. The molecular weight excluding hydrogens is 300 g/mol. The van der Waals surface area contributed by atoms with Gasteiger partial charge in [-0.1, -0.05) is 6.07 Å². The predicted molar refractivity (Wildman–Crippen MR) is 94.1 cm³/mol. The van der Waals surface area contributed by atoms with E-state index in [4.69, 9.17) is 5.26 Å². The molecule has 0 spiro atoms. The van der Waals surface area contributed by atoms with Crippen LogP contribution in [0.1, 0.15) is 12.0 Å². The first-order valence-corrected chi connectivity index (χ1v) is 8.02. The van der Waals surface area contributed by atoms with Crippen LogP contribution in [0.2, 0.25) is 0 Å². The molecule has 0 bridgehead atoms. The molecule has 1 unspecified atom stereocenters. The van der Waals surface area contributed by atoms with Gasteiger partial charge in [-0.05, 0) is 30.7 Å². The second kappa shape index (κ2) is 5.85. The molecule has 1 aliphatic heterocycles. The molecule has 1 aliphatic rings. The molecule has 4 rings (SSSR count). The number of rotatable bonds is 3. The molecule has 120 valence electrons. The lowest BCUT2D eigenvalue weighted by Gasteiger charge is -2.27. The Hall–Kier alpha value is -3.07. The van der Waals surface area contributed by atoms with Crippen LogP contribution < -0.4 is 9.80 Å². The lowest BCUT2D eigenvalue weighted by Crippen LogP contribution is -2.34. The van der Waals surface area contributed by atoms with Gasteiger partial charge in [-0.2, -0.15) is 5.26 Å². The highest BCUT2D eigenvalue weighted by atomic mass is 15.3. The lowest BCUT2D eigenvalue weighted by molar-refractivity contribution is 0.692. The van der Waals surface area contributed by atoms with Crippen molar-refractivity contribution in [2.45, 2.75) is 12.5 Å². The van der Waals surface area contributed by atoms with Crippen molar-refractivity contribution in [3.8, 4) is 6.07 Å². The van der Waals surface area contributed by atoms with E-state index in [1.807, 2.05) is 30.5 Å². The monoisotopic (exact) mass is 318 g/mol. The van der Waals surface area contributed by atoms with E-state index in [2.05, 4.69) is 43.9 Å². The summed E-state index contributed by atoms with van der Waals surface area (Å²) in [5, 5.41) is 10.1. The van der Waals surface area contributed by atoms with Crippen molar-refractivity contribution in [2.24, 2.45) is 0 Å². The molecule has 0 amide bonds. The fraction of sp³-hybridized carbons (Fsp3) is 0.278. The van der Waals surface area contributed by atoms with Gasteiger partial charge in [-0.25, -0.2) is 9.97 Å². The zero-order valence-corrected chi connectivity index (χ0v) is 13.5. The molecule has 1 aromatic carbocycles. The molecule has 1 N–H and O–H groups in total. The average molecular weight is 318 g/mol. The van der Waals surface area contributed by atoms with Crippen LogP contribution in [-0.2, 0) is 0 Å². The minimum absolute atomic E-state index is 0.392. The number of H-pyrrole nitrogens is 1. The molecule has 3 aromatic rings. The van der Waals surface area contributed by atoms with E-state index in [1.54, 1.807) is 6.33 Å². The first-order valence-electron chi connectivity index (χ1n) is 8.02. The van der Waals surface area contributed by atoms with E-state index in [-0.39, 0.29) is 0 Å². The molecule has 1 fully saturated rings. The second-order valence-corrected chi connectivity index (χ2v) is 6.10. The van der Waals surface area contributed by atoms with Crippen LogP contribution in [0, 0.1) is 11.3 Å². The van der Waals surface area contributed by atoms with Gasteiger partial charge in [0, 0.05) is 38.1 Å². The maximum atomic E-state index is 9.09. The summed E-state index contributed by atoms with van der Waals surface area (Å²) in [5.74, 6) is 0.989. The maximum Gasteiger partial charge on any atom is 0.142 e. The Morgan fingerprint density at radius 1 is 1.33 bits per heavy atom. The molecule has 0 radical (unpaired) electrons. The number of nitriles is 1. The standard InChI is InChI=1S/C18H18N6/c1-23(14-4-2-3-13(9-14)10-19)15-6-8-24(11-15)18-16-5-7-20-17(16)21-12-22-18/h2-5,7,9,12,15H,6,8,11H2,1H3,(H,20,21,22). The third-order valence-electron chi connectivity index (χ3n) is 4.73. The summed E-state index contributed by atoms with van der Waals surface area (Å²) in [4.78, 5) is 16.5. The van der Waals surface area contributed by atoms with Crippen LogP contribution in [-0.4, -0.2) is 41.1 Å². The van der Waals surface area contributed by atoms with Gasteiger partial charge in [0.2, 0.25) is 0 Å². The molecule has 6 heteroatoms. The quantitative estimate of drug-likeness (QED) is 0.803. The number of hydrogen-bond donors (Lipinski definition) is 1. The van der Waals surface area contributed by atoms with Crippen molar-refractivity contribution < 1.29 is 0 Å². The third-order valence-corrected chi connectivity index (χ3v) is 4.73. The highest BCUT2D eigenvalue weighted by molar-refractivity contribution is 5.87. The summed E-state index contributed by atoms with van der Waals surface area (Å²) in [6.45, 7) is 1.87. The van der Waals surface area contributed by atoms with Crippen molar-refractivity contribution in [1.29, 1.82) is 5.26 Å².